The predicted octanol–water partition coefficient (Wildman–Crippen LogP) is 3.05. The van der Waals surface area contributed by atoms with Crippen LogP contribution >= 0.6 is 31.9 Å². The quantitative estimate of drug-likeness (QED) is 0.638. The lowest BCUT2D eigenvalue weighted by Gasteiger charge is -2.29. The lowest BCUT2D eigenvalue weighted by molar-refractivity contribution is 0.307. The molecule has 0 radical (unpaired) electrons. The molecule has 2 rings (SSSR count). The van der Waals surface area contributed by atoms with Crippen LogP contribution in [0.5, 0.6) is 0 Å². The second-order valence-corrected chi connectivity index (χ2v) is 12.0. The first-order valence-corrected chi connectivity index (χ1v) is 12.0. The van der Waals surface area contributed by atoms with Crippen molar-refractivity contribution in [2.24, 2.45) is 5.92 Å². The summed E-state index contributed by atoms with van der Waals surface area (Å²) in [4.78, 5) is 0.150. The fraction of sp³-hybridized carbons (Fsp3) is 0.571. The first-order chi connectivity index (χ1) is 10.5. The maximum absolute atomic E-state index is 13.1. The maximum atomic E-state index is 13.1. The van der Waals surface area contributed by atoms with Crippen LogP contribution in [-0.4, -0.2) is 45.2 Å². The first-order valence-electron chi connectivity index (χ1n) is 7.20. The Morgan fingerprint density at radius 1 is 1.30 bits per heavy atom. The van der Waals surface area contributed by atoms with Gasteiger partial charge in [-0.25, -0.2) is 16.8 Å². The molecule has 5 nitrogen and oxygen atoms in total. The van der Waals surface area contributed by atoms with Gasteiger partial charge in [0.1, 0.15) is 0 Å². The standard InChI is InChI=1S/C14H19Br2NO4S2/c1-10(2)8-17(12-5-6-22(18,19)9-12)23(20,21)14-7-11(15)3-4-13(14)16/h3-4,7,10,12H,5-6,8-9H2,1-2H3/t12-/m0/s1. The highest BCUT2D eigenvalue weighted by Gasteiger charge is 2.39. The minimum absolute atomic E-state index is 0.0431. The van der Waals surface area contributed by atoms with E-state index in [-0.39, 0.29) is 22.3 Å². The molecule has 1 saturated heterocycles. The Balaban J connectivity index is 2.47. The Hall–Kier alpha value is 0.0400. The smallest absolute Gasteiger partial charge is 0.229 e. The van der Waals surface area contributed by atoms with Crippen molar-refractivity contribution in [1.29, 1.82) is 0 Å². The zero-order valence-electron chi connectivity index (χ0n) is 12.9. The number of benzene rings is 1. The number of hydrogen-bond acceptors (Lipinski definition) is 4. The monoisotopic (exact) mass is 487 g/mol. The summed E-state index contributed by atoms with van der Waals surface area (Å²) in [7, 11) is -6.96. The van der Waals surface area contributed by atoms with Crippen LogP contribution < -0.4 is 0 Å². The first kappa shape index (κ1) is 19.4. The van der Waals surface area contributed by atoms with Gasteiger partial charge in [0.15, 0.2) is 9.84 Å². The third-order valence-electron chi connectivity index (χ3n) is 3.64. The van der Waals surface area contributed by atoms with Crippen LogP contribution in [-0.2, 0) is 19.9 Å². The maximum Gasteiger partial charge on any atom is 0.244 e. The summed E-state index contributed by atoms with van der Waals surface area (Å²) in [5.41, 5.74) is 0. The predicted molar refractivity (Wildman–Crippen MR) is 97.6 cm³/mol. The van der Waals surface area contributed by atoms with E-state index in [1.807, 2.05) is 13.8 Å². The fourth-order valence-corrected chi connectivity index (χ4v) is 7.71. The minimum Gasteiger partial charge on any atom is -0.229 e. The van der Waals surface area contributed by atoms with E-state index in [2.05, 4.69) is 31.9 Å². The molecule has 1 aliphatic heterocycles. The van der Waals surface area contributed by atoms with Crippen molar-refractivity contribution in [3.8, 4) is 0 Å². The van der Waals surface area contributed by atoms with Crippen molar-refractivity contribution in [1.82, 2.24) is 4.31 Å². The van der Waals surface area contributed by atoms with Gasteiger partial charge in [0.2, 0.25) is 10.0 Å². The molecule has 0 unspecified atom stereocenters. The Bertz CT molecular complexity index is 791. The van der Waals surface area contributed by atoms with E-state index in [1.54, 1.807) is 12.1 Å². The molecular weight excluding hydrogens is 470 g/mol. The normalized spacial score (nSPS) is 21.2. The highest BCUT2D eigenvalue weighted by Crippen LogP contribution is 2.32. The third-order valence-corrected chi connectivity index (χ3v) is 8.80. The van der Waals surface area contributed by atoms with E-state index in [4.69, 9.17) is 0 Å². The molecular formula is C14H19Br2NO4S2. The van der Waals surface area contributed by atoms with Crippen LogP contribution in [0.15, 0.2) is 32.0 Å². The summed E-state index contributed by atoms with van der Waals surface area (Å²) < 4.78 is 52.3. The van der Waals surface area contributed by atoms with Gasteiger partial charge in [-0.2, -0.15) is 4.31 Å². The molecule has 1 fully saturated rings. The SMILES string of the molecule is CC(C)CN([C@H]1CCS(=O)(=O)C1)S(=O)(=O)c1cc(Br)ccc1Br. The van der Waals surface area contributed by atoms with E-state index in [0.717, 1.165) is 0 Å². The molecule has 23 heavy (non-hydrogen) atoms. The number of sulfonamides is 1. The van der Waals surface area contributed by atoms with E-state index >= 15 is 0 Å². The van der Waals surface area contributed by atoms with Crippen molar-refractivity contribution in [3.63, 3.8) is 0 Å². The molecule has 0 aliphatic carbocycles. The summed E-state index contributed by atoms with van der Waals surface area (Å²) in [5.74, 6) is 0.0328. The second-order valence-electron chi connectivity index (χ2n) is 6.10. The molecule has 1 heterocycles. The number of nitrogens with zero attached hydrogens (tertiary/aromatic N) is 1. The van der Waals surface area contributed by atoms with Crippen molar-refractivity contribution in [3.05, 3.63) is 27.1 Å². The molecule has 0 bridgehead atoms. The summed E-state index contributed by atoms with van der Waals surface area (Å²) >= 11 is 6.58. The molecule has 0 spiro atoms. The van der Waals surface area contributed by atoms with Crippen LogP contribution in [0.3, 0.4) is 0 Å². The molecule has 1 atom stereocenters. The van der Waals surface area contributed by atoms with Crippen molar-refractivity contribution < 1.29 is 16.8 Å². The molecule has 130 valence electrons. The molecule has 0 amide bonds. The van der Waals surface area contributed by atoms with Gasteiger partial charge in [0.25, 0.3) is 0 Å². The average Bonchev–Trinajstić information content (AvgIpc) is 2.78. The van der Waals surface area contributed by atoms with E-state index in [9.17, 15) is 16.8 Å². The Kier molecular flexibility index (Phi) is 5.99. The van der Waals surface area contributed by atoms with Crippen LogP contribution in [0.1, 0.15) is 20.3 Å². The molecule has 1 aromatic carbocycles. The highest BCUT2D eigenvalue weighted by atomic mass is 79.9. The van der Waals surface area contributed by atoms with E-state index < -0.39 is 25.9 Å². The van der Waals surface area contributed by atoms with E-state index in [0.29, 0.717) is 21.9 Å². The van der Waals surface area contributed by atoms with Gasteiger partial charge in [0, 0.05) is 21.5 Å². The van der Waals surface area contributed by atoms with E-state index in [1.165, 1.54) is 10.4 Å². The van der Waals surface area contributed by atoms with Gasteiger partial charge < -0.3 is 0 Å². The number of sulfone groups is 1. The molecule has 0 aromatic heterocycles. The number of halogens is 2. The lowest BCUT2D eigenvalue weighted by atomic mass is 10.2. The van der Waals surface area contributed by atoms with Gasteiger partial charge in [-0.1, -0.05) is 29.8 Å². The Morgan fingerprint density at radius 3 is 2.48 bits per heavy atom. The van der Waals surface area contributed by atoms with Crippen LogP contribution in [0.4, 0.5) is 0 Å². The molecule has 9 heteroatoms. The van der Waals surface area contributed by atoms with Crippen LogP contribution in [0, 0.1) is 5.92 Å². The van der Waals surface area contributed by atoms with Gasteiger partial charge in [-0.3, -0.25) is 0 Å². The zero-order valence-corrected chi connectivity index (χ0v) is 17.7. The molecule has 1 aromatic rings. The van der Waals surface area contributed by atoms with Gasteiger partial charge in [0.05, 0.1) is 16.4 Å². The summed E-state index contributed by atoms with van der Waals surface area (Å²) in [5, 5.41) is 0. The van der Waals surface area contributed by atoms with Crippen LogP contribution in [0.2, 0.25) is 0 Å². The van der Waals surface area contributed by atoms with Gasteiger partial charge in [-0.05, 0) is 46.5 Å². The summed E-state index contributed by atoms with van der Waals surface area (Å²) in [6.07, 6.45) is 0.347. The topological polar surface area (TPSA) is 71.5 Å². The highest BCUT2D eigenvalue weighted by molar-refractivity contribution is 9.11. The lowest BCUT2D eigenvalue weighted by Crippen LogP contribution is -2.43. The minimum atomic E-state index is -3.79. The Morgan fingerprint density at radius 2 is 1.96 bits per heavy atom. The van der Waals surface area contributed by atoms with Crippen molar-refractivity contribution in [2.75, 3.05) is 18.1 Å². The number of hydrogen-bond donors (Lipinski definition) is 0. The summed E-state index contributed by atoms with van der Waals surface area (Å²) in [6, 6.07) is 4.44. The second kappa shape index (κ2) is 7.11. The molecule has 0 saturated carbocycles. The van der Waals surface area contributed by atoms with Crippen LogP contribution in [0.25, 0.3) is 0 Å². The molecule has 0 N–H and O–H groups in total. The van der Waals surface area contributed by atoms with Gasteiger partial charge in [-0.15, -0.1) is 0 Å². The van der Waals surface area contributed by atoms with Crippen molar-refractivity contribution in [2.45, 2.75) is 31.2 Å². The summed E-state index contributed by atoms with van der Waals surface area (Å²) in [6.45, 7) is 4.13. The van der Waals surface area contributed by atoms with Crippen molar-refractivity contribution >= 4 is 51.7 Å². The zero-order chi connectivity index (χ0) is 17.4. The largest absolute Gasteiger partial charge is 0.244 e. The molecule has 1 aliphatic rings. The average molecular weight is 489 g/mol. The van der Waals surface area contributed by atoms with Gasteiger partial charge >= 0.3 is 0 Å². The number of rotatable bonds is 5. The third kappa shape index (κ3) is 4.56. The fourth-order valence-electron chi connectivity index (χ4n) is 2.61. The Labute approximate surface area is 154 Å².